The van der Waals surface area contributed by atoms with Gasteiger partial charge in [-0.25, -0.2) is 21.1 Å². The lowest BCUT2D eigenvalue weighted by molar-refractivity contribution is 0.102. The number of rotatable bonds is 6. The van der Waals surface area contributed by atoms with Crippen molar-refractivity contribution in [1.82, 2.24) is 8.61 Å². The SMILES string of the molecule is Cc1ccc(S(=O)(=O)N(C)C)cc1NC(=O)c1sccc1S(=O)(=O)N1CCCC1. The zero-order chi connectivity index (χ0) is 21.4. The van der Waals surface area contributed by atoms with Crippen LogP contribution in [0.5, 0.6) is 0 Å². The predicted octanol–water partition coefficient (Wildman–Crippen LogP) is 2.34. The first-order chi connectivity index (χ1) is 13.5. The lowest BCUT2D eigenvalue weighted by atomic mass is 10.2. The van der Waals surface area contributed by atoms with E-state index in [4.69, 9.17) is 0 Å². The summed E-state index contributed by atoms with van der Waals surface area (Å²) in [4.78, 5) is 13.0. The Morgan fingerprint density at radius 3 is 2.38 bits per heavy atom. The molecule has 0 bridgehead atoms. The smallest absolute Gasteiger partial charge is 0.267 e. The highest BCUT2D eigenvalue weighted by atomic mass is 32.2. The molecule has 1 aromatic carbocycles. The van der Waals surface area contributed by atoms with Gasteiger partial charge >= 0.3 is 0 Å². The number of hydrogen-bond donors (Lipinski definition) is 1. The van der Waals surface area contributed by atoms with E-state index in [0.29, 0.717) is 24.3 Å². The van der Waals surface area contributed by atoms with Crippen LogP contribution in [0.4, 0.5) is 5.69 Å². The summed E-state index contributed by atoms with van der Waals surface area (Å²) in [6, 6.07) is 5.88. The molecule has 2 heterocycles. The number of carbonyl (C=O) groups is 1. The zero-order valence-electron chi connectivity index (χ0n) is 16.4. The number of carbonyl (C=O) groups excluding carboxylic acids is 1. The number of thiophene rings is 1. The summed E-state index contributed by atoms with van der Waals surface area (Å²) in [5.41, 5.74) is 0.979. The molecule has 0 atom stereocenters. The highest BCUT2D eigenvalue weighted by Gasteiger charge is 2.32. The molecule has 1 aliphatic heterocycles. The summed E-state index contributed by atoms with van der Waals surface area (Å²) in [6.07, 6.45) is 1.61. The Labute approximate surface area is 175 Å². The van der Waals surface area contributed by atoms with E-state index in [-0.39, 0.29) is 14.7 Å². The minimum atomic E-state index is -3.74. The number of sulfonamides is 2. The molecular weight excluding hydrogens is 434 g/mol. The zero-order valence-corrected chi connectivity index (χ0v) is 18.8. The average Bonchev–Trinajstić information content (AvgIpc) is 3.35. The second kappa shape index (κ2) is 8.15. The van der Waals surface area contributed by atoms with Crippen molar-refractivity contribution in [3.63, 3.8) is 0 Å². The molecule has 1 saturated heterocycles. The molecule has 1 amide bonds. The van der Waals surface area contributed by atoms with Crippen LogP contribution in [-0.2, 0) is 20.0 Å². The van der Waals surface area contributed by atoms with Gasteiger partial charge in [0.15, 0.2) is 0 Å². The number of amides is 1. The van der Waals surface area contributed by atoms with Crippen LogP contribution in [-0.4, -0.2) is 58.5 Å². The molecule has 1 aromatic heterocycles. The molecule has 2 aromatic rings. The molecule has 0 saturated carbocycles. The Bertz CT molecular complexity index is 1130. The number of nitrogens with zero attached hydrogens (tertiary/aromatic N) is 2. The quantitative estimate of drug-likeness (QED) is 0.717. The van der Waals surface area contributed by atoms with Gasteiger partial charge in [0.25, 0.3) is 5.91 Å². The molecule has 0 unspecified atom stereocenters. The third-order valence-electron chi connectivity index (χ3n) is 4.75. The molecule has 1 N–H and O–H groups in total. The molecule has 0 radical (unpaired) electrons. The number of hydrogen-bond acceptors (Lipinski definition) is 6. The highest BCUT2D eigenvalue weighted by molar-refractivity contribution is 7.89. The molecule has 29 heavy (non-hydrogen) atoms. The third kappa shape index (κ3) is 4.24. The van der Waals surface area contributed by atoms with Gasteiger partial charge in [0.1, 0.15) is 9.77 Å². The van der Waals surface area contributed by atoms with Crippen LogP contribution in [0.15, 0.2) is 39.4 Å². The van der Waals surface area contributed by atoms with E-state index >= 15 is 0 Å². The number of benzene rings is 1. The second-order valence-corrected chi connectivity index (χ2v) is 11.9. The van der Waals surface area contributed by atoms with Crippen molar-refractivity contribution in [2.45, 2.75) is 29.6 Å². The molecule has 11 heteroatoms. The fourth-order valence-corrected chi connectivity index (χ4v) is 6.76. The molecule has 3 rings (SSSR count). The molecule has 158 valence electrons. The van der Waals surface area contributed by atoms with Gasteiger partial charge in [0.2, 0.25) is 20.0 Å². The van der Waals surface area contributed by atoms with Gasteiger partial charge in [-0.05, 0) is 48.9 Å². The maximum Gasteiger partial charge on any atom is 0.267 e. The summed E-state index contributed by atoms with van der Waals surface area (Å²) in [7, 11) is -4.55. The first kappa shape index (κ1) is 21.9. The average molecular weight is 458 g/mol. The number of nitrogens with one attached hydrogen (secondary N) is 1. The molecule has 0 aliphatic carbocycles. The van der Waals surface area contributed by atoms with Crippen molar-refractivity contribution >= 4 is 43.0 Å². The lowest BCUT2D eigenvalue weighted by Gasteiger charge is -2.16. The van der Waals surface area contributed by atoms with Gasteiger partial charge in [-0.15, -0.1) is 11.3 Å². The summed E-state index contributed by atoms with van der Waals surface area (Å²) in [5.74, 6) is -0.583. The van der Waals surface area contributed by atoms with Gasteiger partial charge in [0.05, 0.1) is 4.90 Å². The van der Waals surface area contributed by atoms with Crippen molar-refractivity contribution < 1.29 is 21.6 Å². The summed E-state index contributed by atoms with van der Waals surface area (Å²) in [6.45, 7) is 2.63. The normalized spacial score (nSPS) is 15.7. The van der Waals surface area contributed by atoms with Crippen molar-refractivity contribution in [2.24, 2.45) is 0 Å². The van der Waals surface area contributed by atoms with Crippen molar-refractivity contribution in [1.29, 1.82) is 0 Å². The summed E-state index contributed by atoms with van der Waals surface area (Å²) < 4.78 is 53.0. The Hall–Kier alpha value is -1.79. The highest BCUT2D eigenvalue weighted by Crippen LogP contribution is 2.29. The lowest BCUT2D eigenvalue weighted by Crippen LogP contribution is -2.29. The van der Waals surface area contributed by atoms with Crippen LogP contribution >= 0.6 is 11.3 Å². The monoisotopic (exact) mass is 457 g/mol. The largest absolute Gasteiger partial charge is 0.321 e. The van der Waals surface area contributed by atoms with Crippen LogP contribution < -0.4 is 5.32 Å². The predicted molar refractivity (Wildman–Crippen MR) is 112 cm³/mol. The van der Waals surface area contributed by atoms with Crippen LogP contribution in [0.1, 0.15) is 28.1 Å². The van der Waals surface area contributed by atoms with Crippen molar-refractivity contribution in [2.75, 3.05) is 32.5 Å². The topological polar surface area (TPSA) is 104 Å². The summed E-state index contributed by atoms with van der Waals surface area (Å²) >= 11 is 1.04. The van der Waals surface area contributed by atoms with Gasteiger partial charge in [-0.2, -0.15) is 4.31 Å². The van der Waals surface area contributed by atoms with E-state index in [1.165, 1.54) is 36.6 Å². The van der Waals surface area contributed by atoms with Gasteiger partial charge < -0.3 is 5.32 Å². The van der Waals surface area contributed by atoms with E-state index in [1.54, 1.807) is 18.4 Å². The van der Waals surface area contributed by atoms with E-state index in [2.05, 4.69) is 5.32 Å². The van der Waals surface area contributed by atoms with Crippen molar-refractivity contribution in [3.8, 4) is 0 Å². The molecule has 0 spiro atoms. The minimum Gasteiger partial charge on any atom is -0.321 e. The third-order valence-corrected chi connectivity index (χ3v) is 9.55. The van der Waals surface area contributed by atoms with Gasteiger partial charge in [-0.3, -0.25) is 4.79 Å². The molecule has 1 aliphatic rings. The Morgan fingerprint density at radius 2 is 1.76 bits per heavy atom. The van der Waals surface area contributed by atoms with Crippen LogP contribution in [0.2, 0.25) is 0 Å². The number of aryl methyl sites for hydroxylation is 1. The fraction of sp³-hybridized carbons (Fsp3) is 0.389. The van der Waals surface area contributed by atoms with E-state index in [9.17, 15) is 21.6 Å². The van der Waals surface area contributed by atoms with Crippen molar-refractivity contribution in [3.05, 3.63) is 40.1 Å². The fourth-order valence-electron chi connectivity index (χ4n) is 3.02. The second-order valence-electron chi connectivity index (χ2n) is 6.94. The maximum absolute atomic E-state index is 12.9. The standard InChI is InChI=1S/C18H23N3O5S3/c1-13-6-7-14(28(23,24)20(2)3)12-15(13)19-18(22)17-16(8-11-27-17)29(25,26)21-9-4-5-10-21/h6-8,11-12H,4-5,9-10H2,1-3H3,(H,19,22). The van der Waals surface area contributed by atoms with Crippen LogP contribution in [0, 0.1) is 6.92 Å². The van der Waals surface area contributed by atoms with E-state index < -0.39 is 26.0 Å². The minimum absolute atomic E-state index is 0.0170. The van der Waals surface area contributed by atoms with Crippen LogP contribution in [0.3, 0.4) is 0 Å². The molecule has 1 fully saturated rings. The van der Waals surface area contributed by atoms with E-state index in [0.717, 1.165) is 28.5 Å². The van der Waals surface area contributed by atoms with Crippen LogP contribution in [0.25, 0.3) is 0 Å². The van der Waals surface area contributed by atoms with E-state index in [1.807, 2.05) is 0 Å². The van der Waals surface area contributed by atoms with Gasteiger partial charge in [-0.1, -0.05) is 6.07 Å². The van der Waals surface area contributed by atoms with Gasteiger partial charge in [0, 0.05) is 32.9 Å². The molecule has 8 nitrogen and oxygen atoms in total. The number of anilines is 1. The first-order valence-electron chi connectivity index (χ1n) is 8.97. The summed E-state index contributed by atoms with van der Waals surface area (Å²) in [5, 5.41) is 4.24. The first-order valence-corrected chi connectivity index (χ1v) is 12.7. The molecular formula is C18H23N3O5S3. The Morgan fingerprint density at radius 1 is 1.10 bits per heavy atom. The maximum atomic E-state index is 12.9. The Kier molecular flexibility index (Phi) is 6.16. The Balaban J connectivity index is 1.92.